The van der Waals surface area contributed by atoms with E-state index in [1.807, 2.05) is 0 Å². The maximum atomic E-state index is 12.9. The summed E-state index contributed by atoms with van der Waals surface area (Å²) in [6.07, 6.45) is 5.73. The molecule has 0 amide bonds. The largest absolute Gasteiger partial charge is 0.353 e. The van der Waals surface area contributed by atoms with Gasteiger partial charge in [-0.25, -0.2) is 8.42 Å². The molecular formula is C19H26N4O3S2. The van der Waals surface area contributed by atoms with Crippen LogP contribution in [0.25, 0.3) is 0 Å². The first kappa shape index (κ1) is 20.9. The highest BCUT2D eigenvalue weighted by molar-refractivity contribution is 7.89. The molecule has 1 aliphatic heterocycles. The van der Waals surface area contributed by atoms with Crippen molar-refractivity contribution in [1.82, 2.24) is 14.5 Å². The minimum atomic E-state index is -3.57. The molecule has 152 valence electrons. The smallest absolute Gasteiger partial charge is 0.243 e. The molecular weight excluding hydrogens is 396 g/mol. The van der Waals surface area contributed by atoms with E-state index in [2.05, 4.69) is 22.4 Å². The zero-order valence-corrected chi connectivity index (χ0v) is 17.7. The number of aryl methyl sites for hydroxylation is 1. The summed E-state index contributed by atoms with van der Waals surface area (Å²) in [5.74, 6) is -0.180. The van der Waals surface area contributed by atoms with Gasteiger partial charge in [0.1, 0.15) is 5.01 Å². The monoisotopic (exact) mass is 422 g/mol. The van der Waals surface area contributed by atoms with E-state index in [4.69, 9.17) is 0 Å². The molecule has 0 unspecified atom stereocenters. The molecule has 0 spiro atoms. The third kappa shape index (κ3) is 5.15. The average Bonchev–Trinajstić information content (AvgIpc) is 2.96. The quantitative estimate of drug-likeness (QED) is 0.656. The summed E-state index contributed by atoms with van der Waals surface area (Å²) in [6, 6.07) is 6.31. The summed E-state index contributed by atoms with van der Waals surface area (Å²) >= 11 is 1.43. The molecule has 0 bridgehead atoms. The van der Waals surface area contributed by atoms with E-state index in [-0.39, 0.29) is 17.2 Å². The van der Waals surface area contributed by atoms with Crippen molar-refractivity contribution in [1.29, 1.82) is 0 Å². The molecule has 1 aromatic carbocycles. The van der Waals surface area contributed by atoms with E-state index < -0.39 is 10.0 Å². The number of ketones is 1. The highest BCUT2D eigenvalue weighted by Gasteiger charge is 2.25. The second kappa shape index (κ2) is 9.58. The number of carbonyl (C=O) groups is 1. The number of anilines is 1. The van der Waals surface area contributed by atoms with Crippen molar-refractivity contribution in [3.05, 3.63) is 34.8 Å². The standard InChI is InChI=1S/C19H26N4O3S2/c1-2-8-18-21-22-19(27-18)20-14-17(24)15-9-7-10-16(13-15)28(25,26)23-11-5-3-4-6-12-23/h7,9-10,13H,2-6,8,11-12,14H2,1H3,(H,20,22). The number of aromatic nitrogens is 2. The summed E-state index contributed by atoms with van der Waals surface area (Å²) < 4.78 is 27.4. The van der Waals surface area contributed by atoms with Gasteiger partial charge >= 0.3 is 0 Å². The SMILES string of the molecule is CCCc1nnc(NCC(=O)c2cccc(S(=O)(=O)N3CCCCCC3)c2)s1. The van der Waals surface area contributed by atoms with Crippen molar-refractivity contribution in [2.24, 2.45) is 0 Å². The van der Waals surface area contributed by atoms with Crippen LogP contribution in [0.15, 0.2) is 29.2 Å². The predicted molar refractivity (Wildman–Crippen MR) is 110 cm³/mol. The maximum absolute atomic E-state index is 12.9. The van der Waals surface area contributed by atoms with E-state index in [9.17, 15) is 13.2 Å². The second-order valence-electron chi connectivity index (χ2n) is 6.87. The molecule has 2 aromatic rings. The zero-order valence-electron chi connectivity index (χ0n) is 16.1. The molecule has 2 heterocycles. The summed E-state index contributed by atoms with van der Waals surface area (Å²) in [4.78, 5) is 12.7. The van der Waals surface area contributed by atoms with Gasteiger partial charge in [0.25, 0.3) is 0 Å². The summed E-state index contributed by atoms with van der Waals surface area (Å²) in [7, 11) is -3.57. The van der Waals surface area contributed by atoms with E-state index >= 15 is 0 Å². The van der Waals surface area contributed by atoms with Gasteiger partial charge in [-0.3, -0.25) is 4.79 Å². The fourth-order valence-corrected chi connectivity index (χ4v) is 5.56. The maximum Gasteiger partial charge on any atom is 0.243 e. The van der Waals surface area contributed by atoms with Crippen LogP contribution in [-0.4, -0.2) is 48.3 Å². The number of carbonyl (C=O) groups excluding carboxylic acids is 1. The van der Waals surface area contributed by atoms with Crippen molar-refractivity contribution in [2.75, 3.05) is 25.0 Å². The minimum Gasteiger partial charge on any atom is -0.353 e. The number of nitrogens with one attached hydrogen (secondary N) is 1. The van der Waals surface area contributed by atoms with Crippen LogP contribution in [0.2, 0.25) is 0 Å². The van der Waals surface area contributed by atoms with Gasteiger partial charge in [-0.05, 0) is 31.4 Å². The molecule has 0 atom stereocenters. The first-order valence-electron chi connectivity index (χ1n) is 9.70. The minimum absolute atomic E-state index is 0.0496. The number of benzene rings is 1. The fourth-order valence-electron chi connectivity index (χ4n) is 3.16. The lowest BCUT2D eigenvalue weighted by Gasteiger charge is -2.20. The lowest BCUT2D eigenvalue weighted by atomic mass is 10.1. The van der Waals surface area contributed by atoms with Gasteiger partial charge in [0.05, 0.1) is 11.4 Å². The molecule has 1 aliphatic rings. The zero-order chi connectivity index (χ0) is 20.0. The Hall–Kier alpha value is -1.84. The van der Waals surface area contributed by atoms with Gasteiger partial charge in [-0.1, -0.05) is 43.2 Å². The van der Waals surface area contributed by atoms with Crippen molar-refractivity contribution < 1.29 is 13.2 Å². The molecule has 0 saturated carbocycles. The van der Waals surface area contributed by atoms with Crippen molar-refractivity contribution in [3.8, 4) is 0 Å². The van der Waals surface area contributed by atoms with Gasteiger partial charge in [0.2, 0.25) is 15.2 Å². The lowest BCUT2D eigenvalue weighted by molar-refractivity contribution is 0.101. The van der Waals surface area contributed by atoms with Crippen LogP contribution in [-0.2, 0) is 16.4 Å². The average molecular weight is 423 g/mol. The van der Waals surface area contributed by atoms with Crippen molar-refractivity contribution >= 4 is 32.3 Å². The van der Waals surface area contributed by atoms with E-state index in [1.54, 1.807) is 22.5 Å². The van der Waals surface area contributed by atoms with E-state index in [0.29, 0.717) is 23.8 Å². The van der Waals surface area contributed by atoms with Crippen LogP contribution in [0.1, 0.15) is 54.4 Å². The van der Waals surface area contributed by atoms with Crippen LogP contribution < -0.4 is 5.32 Å². The van der Waals surface area contributed by atoms with E-state index in [0.717, 1.165) is 43.5 Å². The molecule has 3 rings (SSSR count). The Labute approximate surface area is 170 Å². The number of rotatable bonds is 8. The Morgan fingerprint density at radius 1 is 1.18 bits per heavy atom. The van der Waals surface area contributed by atoms with Gasteiger partial charge in [-0.15, -0.1) is 10.2 Å². The van der Waals surface area contributed by atoms with Gasteiger partial charge in [0, 0.05) is 25.1 Å². The summed E-state index contributed by atoms with van der Waals surface area (Å²) in [5.41, 5.74) is 0.377. The number of sulfonamides is 1. The molecule has 0 radical (unpaired) electrons. The van der Waals surface area contributed by atoms with Crippen molar-refractivity contribution in [2.45, 2.75) is 50.3 Å². The van der Waals surface area contributed by atoms with Crippen LogP contribution in [0.3, 0.4) is 0 Å². The fraction of sp³-hybridized carbons (Fsp3) is 0.526. The van der Waals surface area contributed by atoms with Crippen LogP contribution in [0.4, 0.5) is 5.13 Å². The normalized spacial score (nSPS) is 15.9. The third-order valence-corrected chi connectivity index (χ3v) is 7.53. The van der Waals surface area contributed by atoms with E-state index in [1.165, 1.54) is 17.4 Å². The molecule has 7 nitrogen and oxygen atoms in total. The Kier molecular flexibility index (Phi) is 7.14. The van der Waals surface area contributed by atoms with Gasteiger partial charge < -0.3 is 5.32 Å². The second-order valence-corrected chi connectivity index (χ2v) is 9.87. The number of hydrogen-bond donors (Lipinski definition) is 1. The van der Waals surface area contributed by atoms with Crippen LogP contribution >= 0.6 is 11.3 Å². The number of Topliss-reactive ketones (excluding diaryl/α,β-unsaturated/α-hetero) is 1. The predicted octanol–water partition coefficient (Wildman–Crippen LogP) is 3.35. The molecule has 0 aliphatic carbocycles. The molecule has 1 saturated heterocycles. The van der Waals surface area contributed by atoms with Crippen LogP contribution in [0.5, 0.6) is 0 Å². The first-order valence-corrected chi connectivity index (χ1v) is 12.0. The highest BCUT2D eigenvalue weighted by atomic mass is 32.2. The molecule has 28 heavy (non-hydrogen) atoms. The Bertz CT molecular complexity index is 903. The Morgan fingerprint density at radius 2 is 1.93 bits per heavy atom. The van der Waals surface area contributed by atoms with Crippen molar-refractivity contribution in [3.63, 3.8) is 0 Å². The lowest BCUT2D eigenvalue weighted by Crippen LogP contribution is -2.32. The third-order valence-electron chi connectivity index (χ3n) is 4.69. The van der Waals surface area contributed by atoms with Crippen LogP contribution in [0, 0.1) is 0 Å². The van der Waals surface area contributed by atoms with Gasteiger partial charge in [-0.2, -0.15) is 4.31 Å². The summed E-state index contributed by atoms with van der Waals surface area (Å²) in [6.45, 7) is 3.21. The van der Waals surface area contributed by atoms with Gasteiger partial charge in [0.15, 0.2) is 5.78 Å². The Morgan fingerprint density at radius 3 is 2.64 bits per heavy atom. The molecule has 1 N–H and O–H groups in total. The summed E-state index contributed by atoms with van der Waals surface area (Å²) in [5, 5.41) is 12.6. The Balaban J connectivity index is 1.68. The molecule has 1 aromatic heterocycles. The number of nitrogens with zero attached hydrogens (tertiary/aromatic N) is 3. The first-order chi connectivity index (χ1) is 13.5. The highest BCUT2D eigenvalue weighted by Crippen LogP contribution is 2.22. The molecule has 9 heteroatoms. The molecule has 1 fully saturated rings. The number of hydrogen-bond acceptors (Lipinski definition) is 7. The topological polar surface area (TPSA) is 92.3 Å².